The van der Waals surface area contributed by atoms with E-state index in [9.17, 15) is 8.42 Å². The predicted octanol–water partition coefficient (Wildman–Crippen LogP) is 1.11. The van der Waals surface area contributed by atoms with E-state index in [4.69, 9.17) is 4.74 Å². The zero-order chi connectivity index (χ0) is 20.8. The van der Waals surface area contributed by atoms with E-state index in [1.165, 1.54) is 6.26 Å². The Morgan fingerprint density at radius 3 is 2.50 bits per heavy atom. The van der Waals surface area contributed by atoms with Crippen molar-refractivity contribution in [2.24, 2.45) is 4.99 Å². The number of aliphatic imine (C=N–C) groups is 1. The van der Waals surface area contributed by atoms with Crippen LogP contribution >= 0.6 is 0 Å². The van der Waals surface area contributed by atoms with Gasteiger partial charge in [0, 0.05) is 50.0 Å². The molecule has 0 atom stereocenters. The molecule has 28 heavy (non-hydrogen) atoms. The van der Waals surface area contributed by atoms with Gasteiger partial charge in [-0.2, -0.15) is 0 Å². The molecule has 158 valence electrons. The highest BCUT2D eigenvalue weighted by atomic mass is 32.2. The number of sulfonamides is 1. The number of guanidine groups is 1. The van der Waals surface area contributed by atoms with Crippen molar-refractivity contribution in [1.29, 1.82) is 0 Å². The second kappa shape index (κ2) is 9.47. The Kier molecular flexibility index (Phi) is 7.54. The molecule has 0 aliphatic carbocycles. The van der Waals surface area contributed by atoms with Crippen LogP contribution in [-0.2, 0) is 10.0 Å². The summed E-state index contributed by atoms with van der Waals surface area (Å²) in [7, 11) is -1.60. The van der Waals surface area contributed by atoms with Crippen LogP contribution in [0.2, 0.25) is 0 Å². The Bertz CT molecular complexity index is 772. The maximum atomic E-state index is 11.5. The standard InChI is InChI=1S/C19H33N5O3S/c1-6-20-18(21-15-19(2,3)22-28(5,25)26)24-12-10-23(11-13-24)16-8-7-9-17(14-16)27-4/h7-9,14,22H,6,10-13,15H2,1-5H3,(H,20,21). The van der Waals surface area contributed by atoms with Gasteiger partial charge in [0.1, 0.15) is 5.75 Å². The number of methoxy groups -OCH3 is 1. The topological polar surface area (TPSA) is 86.3 Å². The molecule has 0 unspecified atom stereocenters. The van der Waals surface area contributed by atoms with Crippen LogP contribution in [0.1, 0.15) is 20.8 Å². The van der Waals surface area contributed by atoms with Gasteiger partial charge in [0.15, 0.2) is 5.96 Å². The fourth-order valence-corrected chi connectivity index (χ4v) is 4.28. The van der Waals surface area contributed by atoms with Crippen molar-refractivity contribution in [3.8, 4) is 5.75 Å². The lowest BCUT2D eigenvalue weighted by atomic mass is 10.1. The first-order valence-corrected chi connectivity index (χ1v) is 11.4. The molecular weight excluding hydrogens is 378 g/mol. The molecule has 1 aliphatic heterocycles. The summed E-state index contributed by atoms with van der Waals surface area (Å²) >= 11 is 0. The predicted molar refractivity (Wildman–Crippen MR) is 115 cm³/mol. The van der Waals surface area contributed by atoms with Crippen LogP contribution < -0.4 is 19.7 Å². The summed E-state index contributed by atoms with van der Waals surface area (Å²) < 4.78 is 31.0. The molecule has 0 amide bonds. The van der Waals surface area contributed by atoms with Crippen molar-refractivity contribution in [3.63, 3.8) is 0 Å². The number of hydrogen-bond donors (Lipinski definition) is 2. The summed E-state index contributed by atoms with van der Waals surface area (Å²) in [6, 6.07) is 8.09. The second-order valence-corrected chi connectivity index (χ2v) is 9.35. The van der Waals surface area contributed by atoms with Gasteiger partial charge in [-0.05, 0) is 32.9 Å². The Morgan fingerprint density at radius 2 is 1.93 bits per heavy atom. The molecule has 2 rings (SSSR count). The second-order valence-electron chi connectivity index (χ2n) is 7.60. The number of rotatable bonds is 7. The van der Waals surface area contributed by atoms with Gasteiger partial charge in [-0.25, -0.2) is 13.1 Å². The number of nitrogens with zero attached hydrogens (tertiary/aromatic N) is 3. The smallest absolute Gasteiger partial charge is 0.209 e. The van der Waals surface area contributed by atoms with Crippen LogP contribution in [0.25, 0.3) is 0 Å². The van der Waals surface area contributed by atoms with Gasteiger partial charge in [-0.1, -0.05) is 6.07 Å². The van der Waals surface area contributed by atoms with Gasteiger partial charge in [0.2, 0.25) is 10.0 Å². The third-order valence-corrected chi connectivity index (χ3v) is 5.34. The molecule has 1 aliphatic rings. The van der Waals surface area contributed by atoms with Gasteiger partial charge in [-0.3, -0.25) is 4.99 Å². The van der Waals surface area contributed by atoms with Crippen molar-refractivity contribution in [1.82, 2.24) is 14.9 Å². The van der Waals surface area contributed by atoms with Gasteiger partial charge in [0.05, 0.1) is 19.9 Å². The van der Waals surface area contributed by atoms with Crippen molar-refractivity contribution in [2.75, 3.05) is 57.5 Å². The lowest BCUT2D eigenvalue weighted by Crippen LogP contribution is -2.53. The van der Waals surface area contributed by atoms with Gasteiger partial charge >= 0.3 is 0 Å². The van der Waals surface area contributed by atoms with E-state index in [2.05, 4.69) is 30.9 Å². The molecule has 0 saturated carbocycles. The van der Waals surface area contributed by atoms with Gasteiger partial charge < -0.3 is 19.9 Å². The number of ether oxygens (including phenoxy) is 1. The molecule has 0 spiro atoms. The van der Waals surface area contributed by atoms with Crippen LogP contribution in [-0.4, -0.2) is 77.5 Å². The third kappa shape index (κ3) is 6.87. The lowest BCUT2D eigenvalue weighted by molar-refractivity contribution is 0.368. The molecule has 1 aromatic rings. The normalized spacial score (nSPS) is 16.2. The van der Waals surface area contributed by atoms with Crippen molar-refractivity contribution in [2.45, 2.75) is 26.3 Å². The number of anilines is 1. The van der Waals surface area contributed by atoms with Crippen LogP contribution in [0.15, 0.2) is 29.3 Å². The zero-order valence-corrected chi connectivity index (χ0v) is 18.3. The van der Waals surface area contributed by atoms with Gasteiger partial charge in [0.25, 0.3) is 0 Å². The molecule has 1 saturated heterocycles. The summed E-state index contributed by atoms with van der Waals surface area (Å²) in [5, 5.41) is 3.32. The Morgan fingerprint density at radius 1 is 1.25 bits per heavy atom. The molecule has 1 fully saturated rings. The number of benzene rings is 1. The van der Waals surface area contributed by atoms with E-state index in [-0.39, 0.29) is 0 Å². The van der Waals surface area contributed by atoms with Crippen LogP contribution in [0, 0.1) is 0 Å². The molecule has 1 heterocycles. The zero-order valence-electron chi connectivity index (χ0n) is 17.5. The van der Waals surface area contributed by atoms with E-state index in [1.807, 2.05) is 39.0 Å². The molecule has 8 nitrogen and oxygen atoms in total. The minimum absolute atomic E-state index is 0.360. The largest absolute Gasteiger partial charge is 0.497 e. The van der Waals surface area contributed by atoms with Crippen molar-refractivity contribution < 1.29 is 13.2 Å². The van der Waals surface area contributed by atoms with Gasteiger partial charge in [-0.15, -0.1) is 0 Å². The highest BCUT2D eigenvalue weighted by Gasteiger charge is 2.24. The maximum Gasteiger partial charge on any atom is 0.209 e. The summed E-state index contributed by atoms with van der Waals surface area (Å²) in [4.78, 5) is 9.23. The quantitative estimate of drug-likeness (QED) is 0.516. The third-order valence-electron chi connectivity index (χ3n) is 4.42. The summed E-state index contributed by atoms with van der Waals surface area (Å²) in [6.45, 7) is 10.2. The SMILES string of the molecule is CCNC(=NCC(C)(C)NS(C)(=O)=O)N1CCN(c2cccc(OC)c2)CC1. The van der Waals surface area contributed by atoms with E-state index in [0.29, 0.717) is 6.54 Å². The Balaban J connectivity index is 2.01. The highest BCUT2D eigenvalue weighted by Crippen LogP contribution is 2.22. The van der Waals surface area contributed by atoms with E-state index < -0.39 is 15.6 Å². The number of nitrogens with one attached hydrogen (secondary N) is 2. The first kappa shape index (κ1) is 22.3. The maximum absolute atomic E-state index is 11.5. The summed E-state index contributed by atoms with van der Waals surface area (Å²) in [6.07, 6.45) is 1.17. The summed E-state index contributed by atoms with van der Waals surface area (Å²) in [5.41, 5.74) is 0.510. The minimum Gasteiger partial charge on any atom is -0.497 e. The highest BCUT2D eigenvalue weighted by molar-refractivity contribution is 7.88. The molecule has 9 heteroatoms. The number of piperazine rings is 1. The molecule has 0 aromatic heterocycles. The fraction of sp³-hybridized carbons (Fsp3) is 0.632. The first-order valence-electron chi connectivity index (χ1n) is 9.55. The number of hydrogen-bond acceptors (Lipinski definition) is 5. The van der Waals surface area contributed by atoms with Crippen LogP contribution in [0.3, 0.4) is 0 Å². The monoisotopic (exact) mass is 411 g/mol. The lowest BCUT2D eigenvalue weighted by Gasteiger charge is -2.38. The summed E-state index contributed by atoms with van der Waals surface area (Å²) in [5.74, 6) is 1.67. The fourth-order valence-electron chi connectivity index (χ4n) is 3.22. The van der Waals surface area contributed by atoms with E-state index in [0.717, 1.165) is 50.1 Å². The minimum atomic E-state index is -3.28. The van der Waals surface area contributed by atoms with Crippen LogP contribution in [0.5, 0.6) is 5.75 Å². The molecule has 1 aromatic carbocycles. The molecule has 0 radical (unpaired) electrons. The van der Waals surface area contributed by atoms with Crippen molar-refractivity contribution >= 4 is 21.7 Å². The molecular formula is C19H33N5O3S. The first-order chi connectivity index (χ1) is 13.1. The molecule has 2 N–H and O–H groups in total. The average Bonchev–Trinajstić information content (AvgIpc) is 2.63. The van der Waals surface area contributed by atoms with E-state index in [1.54, 1.807) is 7.11 Å². The average molecular weight is 412 g/mol. The van der Waals surface area contributed by atoms with E-state index >= 15 is 0 Å². The van der Waals surface area contributed by atoms with Crippen molar-refractivity contribution in [3.05, 3.63) is 24.3 Å². The Labute approximate surface area is 169 Å². The Hall–Kier alpha value is -2.00. The van der Waals surface area contributed by atoms with Crippen LogP contribution in [0.4, 0.5) is 5.69 Å². The molecule has 0 bridgehead atoms.